The van der Waals surface area contributed by atoms with Gasteiger partial charge in [-0.05, 0) is 58.9 Å². The van der Waals surface area contributed by atoms with Crippen molar-refractivity contribution in [3.05, 3.63) is 60.3 Å². The van der Waals surface area contributed by atoms with Gasteiger partial charge in [-0.1, -0.05) is 59.7 Å². The van der Waals surface area contributed by atoms with Gasteiger partial charge >= 0.3 is 0 Å². The van der Waals surface area contributed by atoms with Crippen LogP contribution in [0.5, 0.6) is 0 Å². The van der Waals surface area contributed by atoms with Crippen molar-refractivity contribution in [2.45, 2.75) is 28.9 Å². The summed E-state index contributed by atoms with van der Waals surface area (Å²) in [5.74, 6) is 1.01. The molecule has 3 aromatic rings. The highest BCUT2D eigenvalue weighted by atomic mass is 127. The van der Waals surface area contributed by atoms with Crippen molar-refractivity contribution in [2.75, 3.05) is 22.3 Å². The second kappa shape index (κ2) is 9.63. The Balaban J connectivity index is 1.54. The second-order valence-electron chi connectivity index (χ2n) is 9.31. The van der Waals surface area contributed by atoms with Crippen LogP contribution in [0.3, 0.4) is 0 Å². The van der Waals surface area contributed by atoms with Gasteiger partial charge in [-0.2, -0.15) is 0 Å². The predicted octanol–water partition coefficient (Wildman–Crippen LogP) is 5.88. The molecule has 1 amide bonds. The second-order valence-corrected chi connectivity index (χ2v) is 14.1. The quantitative estimate of drug-likeness (QED) is 0.155. The zero-order valence-electron chi connectivity index (χ0n) is 19.2. The van der Waals surface area contributed by atoms with Crippen molar-refractivity contribution < 1.29 is 4.79 Å². The standard InChI is InChI=1S/C24H24ClIN5OPS2/c1-14(35-25)20-28-9-15(10-29-20)22(32)31(34)19-17(16-5-3-4-6-18(16)33)7-8-27-21(19)30-12-24(13-30)11-23(24,2)26/h3-10,14,34H,11-13,33H2,1-2H3. The maximum Gasteiger partial charge on any atom is 0.271 e. The molecule has 2 aliphatic rings. The summed E-state index contributed by atoms with van der Waals surface area (Å²) in [7, 11) is 9.76. The van der Waals surface area contributed by atoms with E-state index in [9.17, 15) is 4.79 Å². The fraction of sp³-hybridized carbons (Fsp3) is 0.333. The topological polar surface area (TPSA) is 62.2 Å². The fourth-order valence-electron chi connectivity index (χ4n) is 4.63. The molecule has 1 aliphatic heterocycles. The number of hydrogen-bond acceptors (Lipinski definition) is 7. The fourth-order valence-corrected chi connectivity index (χ4v) is 6.82. The summed E-state index contributed by atoms with van der Waals surface area (Å²) < 4.78 is 1.70. The molecule has 1 aromatic carbocycles. The van der Waals surface area contributed by atoms with Crippen LogP contribution in [0.25, 0.3) is 11.1 Å². The van der Waals surface area contributed by atoms with Gasteiger partial charge in [0.15, 0.2) is 5.82 Å². The smallest absolute Gasteiger partial charge is 0.271 e. The lowest BCUT2D eigenvalue weighted by Crippen LogP contribution is -2.52. The molecule has 5 rings (SSSR count). The number of rotatable bonds is 6. The highest BCUT2D eigenvalue weighted by molar-refractivity contribution is 14.1. The van der Waals surface area contributed by atoms with E-state index >= 15 is 0 Å². The molecule has 11 heteroatoms. The van der Waals surface area contributed by atoms with E-state index in [0.717, 1.165) is 46.3 Å². The van der Waals surface area contributed by atoms with Gasteiger partial charge < -0.3 is 4.90 Å². The van der Waals surface area contributed by atoms with Crippen LogP contribution in [0.4, 0.5) is 11.5 Å². The SMILES string of the molecule is CC(SCl)c1ncc(C(=O)N(S)c2c(-c3ccccc3P)ccnc2N2CC3(C2)CC3(C)I)cn1. The van der Waals surface area contributed by atoms with Gasteiger partial charge in [0.25, 0.3) is 5.91 Å². The Labute approximate surface area is 235 Å². The van der Waals surface area contributed by atoms with Gasteiger partial charge in [-0.3, -0.25) is 4.79 Å². The number of carbonyl (C=O) groups excluding carboxylic acids is 1. The minimum Gasteiger partial charge on any atom is -0.353 e. The van der Waals surface area contributed by atoms with Crippen LogP contribution in [-0.2, 0) is 0 Å². The van der Waals surface area contributed by atoms with E-state index in [4.69, 9.17) is 28.5 Å². The van der Waals surface area contributed by atoms with Crippen LogP contribution in [0.2, 0.25) is 0 Å². The Kier molecular flexibility index (Phi) is 7.02. The van der Waals surface area contributed by atoms with E-state index in [1.165, 1.54) is 23.1 Å². The molecule has 0 bridgehead atoms. The third kappa shape index (κ3) is 4.56. The maximum atomic E-state index is 13.6. The predicted molar refractivity (Wildman–Crippen MR) is 160 cm³/mol. The lowest BCUT2D eigenvalue weighted by molar-refractivity contribution is 0.101. The molecule has 0 N–H and O–H groups in total. The summed E-state index contributed by atoms with van der Waals surface area (Å²) in [4.78, 5) is 29.2. The summed E-state index contributed by atoms with van der Waals surface area (Å²) in [6.07, 6.45) is 6.07. The number of aromatic nitrogens is 3. The molecule has 1 aliphatic carbocycles. The van der Waals surface area contributed by atoms with Gasteiger partial charge in [0.2, 0.25) is 0 Å². The van der Waals surface area contributed by atoms with E-state index in [2.05, 4.69) is 53.6 Å². The van der Waals surface area contributed by atoms with E-state index in [0.29, 0.717) is 25.9 Å². The molecular weight excluding hydrogens is 632 g/mol. The monoisotopic (exact) mass is 655 g/mol. The molecule has 6 nitrogen and oxygen atoms in total. The molecule has 35 heavy (non-hydrogen) atoms. The number of benzene rings is 1. The summed E-state index contributed by atoms with van der Waals surface area (Å²) in [6.45, 7) is 6.05. The third-order valence-corrected chi connectivity index (χ3v) is 10.6. The van der Waals surface area contributed by atoms with Crippen molar-refractivity contribution in [1.82, 2.24) is 15.0 Å². The van der Waals surface area contributed by atoms with Crippen molar-refractivity contribution in [3.63, 3.8) is 0 Å². The van der Waals surface area contributed by atoms with Gasteiger partial charge in [-0.15, -0.1) is 9.24 Å². The first-order valence-electron chi connectivity index (χ1n) is 11.1. The average Bonchev–Trinajstić information content (AvgIpc) is 3.44. The number of carbonyl (C=O) groups is 1. The largest absolute Gasteiger partial charge is 0.353 e. The number of pyridine rings is 1. The number of amides is 1. The molecule has 0 radical (unpaired) electrons. The first-order valence-corrected chi connectivity index (χ1v) is 14.8. The van der Waals surface area contributed by atoms with Crippen molar-refractivity contribution in [1.29, 1.82) is 0 Å². The van der Waals surface area contributed by atoms with Crippen molar-refractivity contribution >= 4 is 89.0 Å². The Hall–Kier alpha value is -1.13. The molecule has 1 saturated heterocycles. The number of halogens is 2. The Morgan fingerprint density at radius 2 is 1.89 bits per heavy atom. The Morgan fingerprint density at radius 3 is 2.49 bits per heavy atom. The van der Waals surface area contributed by atoms with E-state index < -0.39 is 0 Å². The van der Waals surface area contributed by atoms with Crippen molar-refractivity contribution in [2.24, 2.45) is 5.41 Å². The Morgan fingerprint density at radius 1 is 1.23 bits per heavy atom. The molecule has 3 unspecified atom stereocenters. The number of thiol groups is 1. The average molecular weight is 656 g/mol. The van der Waals surface area contributed by atoms with Gasteiger partial charge in [0, 0.05) is 46.1 Å². The van der Waals surface area contributed by atoms with E-state index in [-0.39, 0.29) is 11.2 Å². The first kappa shape index (κ1) is 25.5. The van der Waals surface area contributed by atoms with Gasteiger partial charge in [0.05, 0.1) is 10.8 Å². The molecule has 2 fully saturated rings. The molecule has 3 heterocycles. The summed E-state index contributed by atoms with van der Waals surface area (Å²) in [5, 5.41) is 0.954. The number of alkyl halides is 1. The van der Waals surface area contributed by atoms with Crippen LogP contribution in [0.1, 0.15) is 41.7 Å². The van der Waals surface area contributed by atoms with Gasteiger partial charge in [0.1, 0.15) is 11.5 Å². The van der Waals surface area contributed by atoms with Crippen LogP contribution < -0.4 is 14.5 Å². The first-order chi connectivity index (χ1) is 16.7. The number of anilines is 2. The van der Waals surface area contributed by atoms with E-state index in [1.54, 1.807) is 0 Å². The molecule has 3 atom stereocenters. The van der Waals surface area contributed by atoms with Gasteiger partial charge in [-0.25, -0.2) is 19.3 Å². The van der Waals surface area contributed by atoms with E-state index in [1.807, 2.05) is 43.5 Å². The normalized spacial score (nSPS) is 20.9. The van der Waals surface area contributed by atoms with Crippen LogP contribution in [0, 0.1) is 5.41 Å². The molecule has 2 aromatic heterocycles. The zero-order valence-corrected chi connectivity index (χ0v) is 24.9. The highest BCUT2D eigenvalue weighted by Crippen LogP contribution is 2.67. The third-order valence-electron chi connectivity index (χ3n) is 6.91. The molecule has 182 valence electrons. The zero-order chi connectivity index (χ0) is 25.0. The highest BCUT2D eigenvalue weighted by Gasteiger charge is 2.68. The lowest BCUT2D eigenvalue weighted by atomic mass is 9.93. The van der Waals surface area contributed by atoms with Crippen LogP contribution in [-0.4, -0.2) is 37.4 Å². The van der Waals surface area contributed by atoms with Crippen LogP contribution >= 0.6 is 66.3 Å². The molecule has 1 saturated carbocycles. The summed E-state index contributed by atoms with van der Waals surface area (Å²) >= 11 is 7.28. The minimum absolute atomic E-state index is 0.0761. The Bertz CT molecular complexity index is 1290. The lowest BCUT2D eigenvalue weighted by Gasteiger charge is -2.44. The molecule has 1 spiro atoms. The minimum atomic E-state index is -0.316. The maximum absolute atomic E-state index is 13.6. The number of nitrogens with zero attached hydrogens (tertiary/aromatic N) is 5. The number of hydrogen-bond donors (Lipinski definition) is 1. The molecular formula is C24H24ClIN5OPS2. The summed E-state index contributed by atoms with van der Waals surface area (Å²) in [6, 6.07) is 9.99. The van der Waals surface area contributed by atoms with Crippen LogP contribution in [0.15, 0.2) is 48.9 Å². The summed E-state index contributed by atoms with van der Waals surface area (Å²) in [5.41, 5.74) is 3.23. The van der Waals surface area contributed by atoms with Crippen molar-refractivity contribution in [3.8, 4) is 11.1 Å².